The number of fused-ring (bicyclic) bond motifs is 1. The predicted octanol–water partition coefficient (Wildman–Crippen LogP) is 2.81. The van der Waals surface area contributed by atoms with Crippen LogP contribution in [0.4, 0.5) is 0 Å². The van der Waals surface area contributed by atoms with Gasteiger partial charge in [0.1, 0.15) is 17.4 Å². The van der Waals surface area contributed by atoms with E-state index in [9.17, 15) is 19.8 Å². The zero-order chi connectivity index (χ0) is 19.1. The summed E-state index contributed by atoms with van der Waals surface area (Å²) in [6.07, 6.45) is 3.72. The largest absolute Gasteiger partial charge is 0.507 e. The van der Waals surface area contributed by atoms with Gasteiger partial charge in [0.25, 0.3) is 5.91 Å². The molecule has 1 aromatic carbocycles. The quantitative estimate of drug-likeness (QED) is 0.479. The lowest BCUT2D eigenvalue weighted by Gasteiger charge is -2.24. The molecule has 2 N–H and O–H groups in total. The summed E-state index contributed by atoms with van der Waals surface area (Å²) in [6.45, 7) is 3.15. The summed E-state index contributed by atoms with van der Waals surface area (Å²) >= 11 is 0. The van der Waals surface area contributed by atoms with Crippen molar-refractivity contribution in [2.24, 2.45) is 16.1 Å². The lowest BCUT2D eigenvalue weighted by molar-refractivity contribution is -0.116. The number of azo groups is 1. The Labute approximate surface area is 152 Å². The summed E-state index contributed by atoms with van der Waals surface area (Å²) in [5, 5.41) is 27.6. The van der Waals surface area contributed by atoms with E-state index < -0.39 is 24.1 Å². The third kappa shape index (κ3) is 5.49. The van der Waals surface area contributed by atoms with Crippen molar-refractivity contribution < 1.29 is 24.5 Å². The predicted molar refractivity (Wildman–Crippen MR) is 95.0 cm³/mol. The first-order chi connectivity index (χ1) is 12.4. The topological polar surface area (TPSA) is 109 Å². The maximum Gasteiger partial charge on any atom is 0.342 e. The van der Waals surface area contributed by atoms with Crippen molar-refractivity contribution in [3.05, 3.63) is 41.5 Å². The fraction of sp³-hybridized carbons (Fsp3) is 0.474. The second kappa shape index (κ2) is 9.24. The summed E-state index contributed by atoms with van der Waals surface area (Å²) in [6, 6.07) is 4.86. The van der Waals surface area contributed by atoms with Gasteiger partial charge in [-0.15, -0.1) is 5.11 Å². The smallest absolute Gasteiger partial charge is 0.342 e. The Hall–Kier alpha value is -2.54. The highest BCUT2D eigenvalue weighted by Crippen LogP contribution is 2.25. The Balaban J connectivity index is 2.32. The molecular weight excluding hydrogens is 336 g/mol. The van der Waals surface area contributed by atoms with Gasteiger partial charge in [0.15, 0.2) is 0 Å². The van der Waals surface area contributed by atoms with E-state index in [1.807, 2.05) is 19.1 Å². The minimum absolute atomic E-state index is 0.0275. The van der Waals surface area contributed by atoms with Crippen LogP contribution in [0.3, 0.4) is 0 Å². The van der Waals surface area contributed by atoms with Crippen molar-refractivity contribution in [1.29, 1.82) is 0 Å². The molecule has 3 unspecified atom stereocenters. The summed E-state index contributed by atoms with van der Waals surface area (Å²) in [7, 11) is 0. The number of aliphatic hydroxyl groups is 1. The number of carbonyl (C=O) groups is 2. The van der Waals surface area contributed by atoms with Crippen molar-refractivity contribution in [1.82, 2.24) is 0 Å². The molecule has 0 saturated heterocycles. The van der Waals surface area contributed by atoms with Gasteiger partial charge in [0.2, 0.25) is 0 Å². The number of amides is 1. The summed E-state index contributed by atoms with van der Waals surface area (Å²) in [4.78, 5) is 23.5. The number of hydrogen-bond donors (Lipinski definition) is 2. The van der Waals surface area contributed by atoms with Gasteiger partial charge in [-0.25, -0.2) is 4.79 Å². The third-order valence-electron chi connectivity index (χ3n) is 4.28. The number of benzene rings is 1. The van der Waals surface area contributed by atoms with E-state index in [4.69, 9.17) is 4.74 Å². The molecule has 2 rings (SSSR count). The van der Waals surface area contributed by atoms with Gasteiger partial charge in [-0.1, -0.05) is 31.2 Å². The van der Waals surface area contributed by atoms with E-state index in [-0.39, 0.29) is 30.2 Å². The molecule has 1 heterocycles. The normalized spacial score (nSPS) is 25.7. The van der Waals surface area contributed by atoms with Crippen LogP contribution in [0.5, 0.6) is 5.75 Å². The highest BCUT2D eigenvalue weighted by atomic mass is 16.5. The molecule has 7 heteroatoms. The number of nitrogens with zero attached hydrogens (tertiary/aromatic N) is 2. The van der Waals surface area contributed by atoms with Crippen molar-refractivity contribution in [2.45, 2.75) is 45.3 Å². The van der Waals surface area contributed by atoms with Gasteiger partial charge in [-0.05, 0) is 30.4 Å². The third-order valence-corrected chi connectivity index (χ3v) is 4.28. The summed E-state index contributed by atoms with van der Waals surface area (Å²) in [5.41, 5.74) is 0.762. The van der Waals surface area contributed by atoms with Gasteiger partial charge >= 0.3 is 5.97 Å². The van der Waals surface area contributed by atoms with Crippen LogP contribution in [0, 0.1) is 5.92 Å². The average Bonchev–Trinajstić information content (AvgIpc) is 2.57. The van der Waals surface area contributed by atoms with Crippen molar-refractivity contribution in [3.8, 4) is 5.75 Å². The van der Waals surface area contributed by atoms with Crippen LogP contribution in [0.2, 0.25) is 0 Å². The second-order valence-corrected chi connectivity index (χ2v) is 6.47. The maximum atomic E-state index is 12.6. The standard InChI is InChI=1S/C19H24N2O5/c1-12-6-3-4-7-14-8-5-9-16(23)18(14)19(25)26-15(10-17(12)24)11-20-21-13(2)22/h3-5,8-9,12,15,17,23-24H,6-7,10-11H2,1-2H3/b4-3+,21-20?. The molecule has 3 atom stereocenters. The SMILES string of the molecule is CC(=O)N=NCC1CC(O)C(C)C/C=C/Cc2cccc(O)c2C(=O)O1. The van der Waals surface area contributed by atoms with E-state index in [0.717, 1.165) is 0 Å². The molecule has 140 valence electrons. The fourth-order valence-corrected chi connectivity index (χ4v) is 2.77. The molecule has 0 saturated carbocycles. The number of aromatic hydroxyl groups is 1. The Bertz CT molecular complexity index is 714. The number of aliphatic hydroxyl groups excluding tert-OH is 1. The maximum absolute atomic E-state index is 12.6. The van der Waals surface area contributed by atoms with E-state index in [0.29, 0.717) is 18.4 Å². The number of phenolic OH excluding ortho intramolecular Hbond substituents is 1. The minimum Gasteiger partial charge on any atom is -0.507 e. The molecule has 7 nitrogen and oxygen atoms in total. The molecule has 0 radical (unpaired) electrons. The first-order valence-electron chi connectivity index (χ1n) is 8.61. The molecule has 1 aliphatic heterocycles. The molecule has 26 heavy (non-hydrogen) atoms. The molecule has 1 amide bonds. The van der Waals surface area contributed by atoms with Gasteiger partial charge in [-0.3, -0.25) is 4.79 Å². The number of esters is 1. The zero-order valence-electron chi connectivity index (χ0n) is 15.0. The number of ether oxygens (including phenoxy) is 1. The lowest BCUT2D eigenvalue weighted by Crippen LogP contribution is -2.30. The molecule has 1 aromatic rings. The number of hydrogen-bond acceptors (Lipinski definition) is 6. The molecule has 0 fully saturated rings. The summed E-state index contributed by atoms with van der Waals surface area (Å²) < 4.78 is 5.48. The Kier molecular flexibility index (Phi) is 7.03. The van der Waals surface area contributed by atoms with Crippen molar-refractivity contribution in [3.63, 3.8) is 0 Å². The van der Waals surface area contributed by atoms with Crippen LogP contribution >= 0.6 is 0 Å². The Morgan fingerprint density at radius 1 is 1.35 bits per heavy atom. The highest BCUT2D eigenvalue weighted by Gasteiger charge is 2.26. The van der Waals surface area contributed by atoms with E-state index in [1.165, 1.54) is 13.0 Å². The molecule has 0 aromatic heterocycles. The van der Waals surface area contributed by atoms with Crippen molar-refractivity contribution in [2.75, 3.05) is 6.54 Å². The number of carbonyl (C=O) groups excluding carboxylic acids is 2. The first-order valence-corrected chi connectivity index (χ1v) is 8.61. The van der Waals surface area contributed by atoms with E-state index in [2.05, 4.69) is 10.2 Å². The molecule has 0 bridgehead atoms. The van der Waals surface area contributed by atoms with Crippen molar-refractivity contribution >= 4 is 11.9 Å². The monoisotopic (exact) mass is 360 g/mol. The Morgan fingerprint density at radius 3 is 2.85 bits per heavy atom. The second-order valence-electron chi connectivity index (χ2n) is 6.47. The average molecular weight is 360 g/mol. The molecular formula is C19H24N2O5. The first kappa shape index (κ1) is 19.8. The van der Waals surface area contributed by atoms with Crippen LogP contribution in [0.15, 0.2) is 40.6 Å². The molecule has 0 spiro atoms. The van der Waals surface area contributed by atoms with Gasteiger partial charge < -0.3 is 14.9 Å². The van der Waals surface area contributed by atoms with E-state index in [1.54, 1.807) is 12.1 Å². The van der Waals surface area contributed by atoms with E-state index >= 15 is 0 Å². The highest BCUT2D eigenvalue weighted by molar-refractivity contribution is 5.94. The molecule has 0 aliphatic carbocycles. The number of cyclic esters (lactones) is 1. The fourth-order valence-electron chi connectivity index (χ4n) is 2.77. The van der Waals surface area contributed by atoms with Gasteiger partial charge in [-0.2, -0.15) is 5.11 Å². The van der Waals surface area contributed by atoms with Crippen LogP contribution in [0.25, 0.3) is 0 Å². The van der Waals surface area contributed by atoms with Gasteiger partial charge in [0, 0.05) is 13.3 Å². The number of phenols is 1. The Morgan fingerprint density at radius 2 is 2.12 bits per heavy atom. The number of rotatable bonds is 2. The minimum atomic E-state index is -0.751. The van der Waals surface area contributed by atoms with Gasteiger partial charge in [0.05, 0.1) is 12.6 Å². The van der Waals surface area contributed by atoms with Crippen LogP contribution < -0.4 is 0 Å². The van der Waals surface area contributed by atoms with Crippen LogP contribution in [-0.4, -0.2) is 40.8 Å². The molecule has 1 aliphatic rings. The van der Waals surface area contributed by atoms with Crippen LogP contribution in [-0.2, 0) is 16.0 Å². The summed E-state index contributed by atoms with van der Waals surface area (Å²) in [5.74, 6) is -1.32. The zero-order valence-corrected chi connectivity index (χ0v) is 15.0. The van der Waals surface area contributed by atoms with Crippen LogP contribution in [0.1, 0.15) is 42.6 Å². The number of allylic oxidation sites excluding steroid dienone is 2. The lowest BCUT2D eigenvalue weighted by atomic mass is 9.94.